The van der Waals surface area contributed by atoms with Crippen molar-refractivity contribution in [2.24, 2.45) is 5.41 Å². The summed E-state index contributed by atoms with van der Waals surface area (Å²) in [7, 11) is 0. The van der Waals surface area contributed by atoms with Crippen LogP contribution in [0.2, 0.25) is 0 Å². The van der Waals surface area contributed by atoms with E-state index in [9.17, 15) is 0 Å². The van der Waals surface area contributed by atoms with Crippen LogP contribution in [0.25, 0.3) is 0 Å². The maximum Gasteiger partial charge on any atom is 0.0309 e. The molecule has 1 unspecified atom stereocenters. The summed E-state index contributed by atoms with van der Waals surface area (Å²) in [5.41, 5.74) is 1.10. The topological polar surface area (TPSA) is 15.3 Å². The fraction of sp³-hybridized carbons (Fsp3) is 1.00. The number of piperazine rings is 1. The van der Waals surface area contributed by atoms with Crippen LogP contribution in [0, 0.1) is 5.41 Å². The van der Waals surface area contributed by atoms with Gasteiger partial charge in [0.05, 0.1) is 0 Å². The van der Waals surface area contributed by atoms with Crippen molar-refractivity contribution < 1.29 is 0 Å². The van der Waals surface area contributed by atoms with Crippen LogP contribution in [0.4, 0.5) is 0 Å². The van der Waals surface area contributed by atoms with E-state index >= 15 is 0 Å². The minimum Gasteiger partial charge on any atom is -0.309 e. The predicted octanol–water partition coefficient (Wildman–Crippen LogP) is 2.78. The van der Waals surface area contributed by atoms with E-state index in [0.717, 1.165) is 6.04 Å². The van der Waals surface area contributed by atoms with Gasteiger partial charge >= 0.3 is 0 Å². The number of rotatable bonds is 1. The molecule has 2 nitrogen and oxygen atoms in total. The van der Waals surface area contributed by atoms with Crippen LogP contribution >= 0.6 is 0 Å². The normalized spacial score (nSPS) is 36.7. The van der Waals surface area contributed by atoms with Gasteiger partial charge in [-0.1, -0.05) is 26.7 Å². The molecule has 98 valence electrons. The highest BCUT2D eigenvalue weighted by molar-refractivity contribution is 5.01. The second-order valence-corrected chi connectivity index (χ2v) is 7.45. The van der Waals surface area contributed by atoms with Crippen LogP contribution in [-0.4, -0.2) is 36.1 Å². The summed E-state index contributed by atoms with van der Waals surface area (Å²) in [4.78, 5) is 2.82. The Kier molecular flexibility index (Phi) is 2.99. The van der Waals surface area contributed by atoms with Crippen LogP contribution in [0.1, 0.15) is 58.8 Å². The van der Waals surface area contributed by atoms with Crippen LogP contribution < -0.4 is 5.32 Å². The van der Waals surface area contributed by atoms with E-state index in [1.54, 1.807) is 0 Å². The highest BCUT2D eigenvalue weighted by Crippen LogP contribution is 2.41. The number of nitrogens with zero attached hydrogens (tertiary/aromatic N) is 1. The monoisotopic (exact) mass is 236 g/mol. The standard InChI is InChI=1S/C15H28N2/c1-14(2)8-5-13(11-14)17-10-9-16-15(12-17)6-3-4-7-15/h13,16H,3-12H2,1-2H3. The smallest absolute Gasteiger partial charge is 0.0309 e. The van der Waals surface area contributed by atoms with Gasteiger partial charge in [-0.05, 0) is 37.5 Å². The van der Waals surface area contributed by atoms with E-state index in [2.05, 4.69) is 24.1 Å². The largest absolute Gasteiger partial charge is 0.309 e. The molecule has 17 heavy (non-hydrogen) atoms. The molecule has 0 bridgehead atoms. The van der Waals surface area contributed by atoms with Gasteiger partial charge in [-0.3, -0.25) is 4.90 Å². The number of hydrogen-bond acceptors (Lipinski definition) is 2. The third kappa shape index (κ3) is 2.39. The second-order valence-electron chi connectivity index (χ2n) is 7.45. The van der Waals surface area contributed by atoms with Crippen LogP contribution in [-0.2, 0) is 0 Å². The zero-order valence-corrected chi connectivity index (χ0v) is 11.6. The van der Waals surface area contributed by atoms with Gasteiger partial charge in [0, 0.05) is 31.2 Å². The fourth-order valence-corrected chi connectivity index (χ4v) is 4.40. The van der Waals surface area contributed by atoms with Crippen molar-refractivity contribution in [2.75, 3.05) is 19.6 Å². The summed E-state index contributed by atoms with van der Waals surface area (Å²) in [6, 6.07) is 0.879. The van der Waals surface area contributed by atoms with Gasteiger partial charge in [0.15, 0.2) is 0 Å². The molecule has 0 aromatic carbocycles. The zero-order valence-electron chi connectivity index (χ0n) is 11.6. The molecule has 0 amide bonds. The van der Waals surface area contributed by atoms with Crippen molar-refractivity contribution >= 4 is 0 Å². The quantitative estimate of drug-likeness (QED) is 0.753. The minimum atomic E-state index is 0.505. The van der Waals surface area contributed by atoms with Crippen molar-refractivity contribution in [3.8, 4) is 0 Å². The summed E-state index contributed by atoms with van der Waals surface area (Å²) in [5.74, 6) is 0. The van der Waals surface area contributed by atoms with E-state index in [1.807, 2.05) is 0 Å². The average molecular weight is 236 g/mol. The highest BCUT2D eigenvalue weighted by atomic mass is 15.2. The van der Waals surface area contributed by atoms with Gasteiger partial charge in [0.2, 0.25) is 0 Å². The third-order valence-electron chi connectivity index (χ3n) is 5.42. The SMILES string of the molecule is CC1(C)CCC(N2CCNC3(CCCC3)C2)C1. The Hall–Kier alpha value is -0.0800. The van der Waals surface area contributed by atoms with Gasteiger partial charge in [0.1, 0.15) is 0 Å². The molecule has 3 fully saturated rings. The molecule has 0 aromatic rings. The molecule has 1 saturated heterocycles. The van der Waals surface area contributed by atoms with Crippen molar-refractivity contribution in [2.45, 2.75) is 70.4 Å². The van der Waals surface area contributed by atoms with Crippen molar-refractivity contribution in [1.29, 1.82) is 0 Å². The van der Waals surface area contributed by atoms with Gasteiger partial charge in [-0.25, -0.2) is 0 Å². The van der Waals surface area contributed by atoms with Gasteiger partial charge in [-0.2, -0.15) is 0 Å². The Morgan fingerprint density at radius 1 is 1.12 bits per heavy atom. The predicted molar refractivity (Wildman–Crippen MR) is 72.2 cm³/mol. The van der Waals surface area contributed by atoms with Gasteiger partial charge in [0.25, 0.3) is 0 Å². The molecule has 2 saturated carbocycles. The van der Waals surface area contributed by atoms with Crippen molar-refractivity contribution in [1.82, 2.24) is 10.2 Å². The van der Waals surface area contributed by atoms with E-state index in [-0.39, 0.29) is 0 Å². The first-order valence-electron chi connectivity index (χ1n) is 7.58. The Balaban J connectivity index is 1.64. The van der Waals surface area contributed by atoms with Crippen LogP contribution in [0.3, 0.4) is 0 Å². The summed E-state index contributed by atoms with van der Waals surface area (Å²) < 4.78 is 0. The summed E-state index contributed by atoms with van der Waals surface area (Å²) in [6.07, 6.45) is 9.99. The molecular formula is C15H28N2. The Morgan fingerprint density at radius 2 is 1.88 bits per heavy atom. The Morgan fingerprint density at radius 3 is 2.53 bits per heavy atom. The molecular weight excluding hydrogens is 208 g/mol. The molecule has 1 spiro atoms. The summed E-state index contributed by atoms with van der Waals surface area (Å²) in [5, 5.41) is 3.83. The van der Waals surface area contributed by atoms with Crippen LogP contribution in [0.15, 0.2) is 0 Å². The molecule has 1 heterocycles. The molecule has 1 N–H and O–H groups in total. The third-order valence-corrected chi connectivity index (χ3v) is 5.42. The van der Waals surface area contributed by atoms with Crippen LogP contribution in [0.5, 0.6) is 0 Å². The lowest BCUT2D eigenvalue weighted by molar-refractivity contribution is 0.0911. The fourth-order valence-electron chi connectivity index (χ4n) is 4.40. The summed E-state index contributed by atoms with van der Waals surface area (Å²) >= 11 is 0. The first kappa shape index (κ1) is 12.0. The minimum absolute atomic E-state index is 0.505. The van der Waals surface area contributed by atoms with E-state index in [4.69, 9.17) is 0 Å². The van der Waals surface area contributed by atoms with Gasteiger partial charge < -0.3 is 5.32 Å². The lowest BCUT2D eigenvalue weighted by Crippen LogP contribution is -2.60. The molecule has 1 aliphatic heterocycles. The number of hydrogen-bond donors (Lipinski definition) is 1. The maximum absolute atomic E-state index is 3.83. The lowest BCUT2D eigenvalue weighted by atomic mass is 9.90. The van der Waals surface area contributed by atoms with Crippen molar-refractivity contribution in [3.05, 3.63) is 0 Å². The van der Waals surface area contributed by atoms with E-state index in [1.165, 1.54) is 64.6 Å². The highest BCUT2D eigenvalue weighted by Gasteiger charge is 2.42. The first-order chi connectivity index (χ1) is 8.09. The molecule has 1 atom stereocenters. The molecule has 3 rings (SSSR count). The van der Waals surface area contributed by atoms with E-state index < -0.39 is 0 Å². The molecule has 2 heteroatoms. The lowest BCUT2D eigenvalue weighted by Gasteiger charge is -2.44. The summed E-state index contributed by atoms with van der Waals surface area (Å²) in [6.45, 7) is 8.72. The molecule has 2 aliphatic carbocycles. The first-order valence-corrected chi connectivity index (χ1v) is 7.58. The molecule has 0 aromatic heterocycles. The Labute approximate surface area is 106 Å². The van der Waals surface area contributed by atoms with Crippen molar-refractivity contribution in [3.63, 3.8) is 0 Å². The zero-order chi connectivity index (χ0) is 11.9. The van der Waals surface area contributed by atoms with Gasteiger partial charge in [-0.15, -0.1) is 0 Å². The maximum atomic E-state index is 3.83. The molecule has 0 radical (unpaired) electrons. The average Bonchev–Trinajstić information content (AvgIpc) is 2.86. The van der Waals surface area contributed by atoms with E-state index in [0.29, 0.717) is 11.0 Å². The second kappa shape index (κ2) is 4.24. The Bertz CT molecular complexity index is 279. The molecule has 3 aliphatic rings. The number of nitrogens with one attached hydrogen (secondary N) is 1.